The summed E-state index contributed by atoms with van der Waals surface area (Å²) in [4.78, 5) is 2.80. The maximum absolute atomic E-state index is 6.72. The Labute approximate surface area is 136 Å². The van der Waals surface area contributed by atoms with Gasteiger partial charge in [-0.25, -0.2) is 0 Å². The first-order chi connectivity index (χ1) is 10.4. The first kappa shape index (κ1) is 16.8. The molecular formula is C17H34BN3O. The van der Waals surface area contributed by atoms with Gasteiger partial charge in [0.15, 0.2) is 0 Å². The molecule has 2 saturated heterocycles. The molecule has 1 saturated carbocycles. The fourth-order valence-corrected chi connectivity index (χ4v) is 5.43. The average molecular weight is 307 g/mol. The minimum atomic E-state index is 0.210. The predicted molar refractivity (Wildman–Crippen MR) is 93.8 cm³/mol. The maximum Gasteiger partial charge on any atom is 0.127 e. The molecule has 3 aliphatic rings. The van der Waals surface area contributed by atoms with E-state index in [1.54, 1.807) is 0 Å². The molecule has 1 spiro atoms. The number of fused-ring (bicyclic) bond motifs is 1. The highest BCUT2D eigenvalue weighted by atomic mass is 16.5. The quantitative estimate of drug-likeness (QED) is 0.737. The third-order valence-corrected chi connectivity index (χ3v) is 6.71. The van der Waals surface area contributed by atoms with Gasteiger partial charge in [0.2, 0.25) is 0 Å². The number of hydrogen-bond donors (Lipinski definition) is 2. The predicted octanol–water partition coefficient (Wildman–Crippen LogP) is 0.695. The third kappa shape index (κ3) is 2.75. The molecule has 126 valence electrons. The number of rotatable bonds is 2. The van der Waals surface area contributed by atoms with E-state index in [-0.39, 0.29) is 5.44 Å². The second-order valence-corrected chi connectivity index (χ2v) is 8.56. The van der Waals surface area contributed by atoms with Crippen LogP contribution in [0.3, 0.4) is 0 Å². The number of likely N-dealkylation sites (tertiary alicyclic amines) is 1. The number of piperidine rings is 1. The van der Waals surface area contributed by atoms with Crippen molar-refractivity contribution in [3.05, 3.63) is 0 Å². The molecule has 2 aliphatic heterocycles. The van der Waals surface area contributed by atoms with Crippen molar-refractivity contribution < 1.29 is 4.74 Å². The number of nitrogens with zero attached hydrogens (tertiary/aromatic N) is 1. The normalized spacial score (nSPS) is 42.5. The van der Waals surface area contributed by atoms with Gasteiger partial charge in [-0.3, -0.25) is 4.90 Å². The van der Waals surface area contributed by atoms with Crippen molar-refractivity contribution in [2.45, 2.75) is 81.5 Å². The summed E-state index contributed by atoms with van der Waals surface area (Å²) in [6, 6.07) is 1.54. The molecule has 3 rings (SSSR count). The van der Waals surface area contributed by atoms with Crippen LogP contribution in [0.1, 0.15) is 52.4 Å². The van der Waals surface area contributed by atoms with Gasteiger partial charge in [0, 0.05) is 18.1 Å². The minimum absolute atomic E-state index is 0.210. The Hall–Kier alpha value is -0.0951. The van der Waals surface area contributed by atoms with Gasteiger partial charge >= 0.3 is 0 Å². The first-order valence-corrected chi connectivity index (χ1v) is 9.21. The number of ether oxygens (including phenoxy) is 1. The van der Waals surface area contributed by atoms with Gasteiger partial charge in [0.1, 0.15) is 7.85 Å². The van der Waals surface area contributed by atoms with E-state index >= 15 is 0 Å². The van der Waals surface area contributed by atoms with E-state index in [2.05, 4.69) is 39.0 Å². The lowest BCUT2D eigenvalue weighted by atomic mass is 9.62. The Morgan fingerprint density at radius 3 is 2.55 bits per heavy atom. The second kappa shape index (κ2) is 6.08. The summed E-state index contributed by atoms with van der Waals surface area (Å²) in [5.74, 6) is 0.640. The number of nitrogens with one attached hydrogen (secondary N) is 1. The molecule has 0 aromatic carbocycles. The molecule has 0 aromatic rings. The molecular weight excluding hydrogens is 273 g/mol. The summed E-state index contributed by atoms with van der Waals surface area (Å²) >= 11 is 0. The van der Waals surface area contributed by atoms with Gasteiger partial charge < -0.3 is 15.8 Å². The molecule has 0 bridgehead atoms. The fourth-order valence-electron chi connectivity index (χ4n) is 5.43. The summed E-state index contributed by atoms with van der Waals surface area (Å²) in [6.45, 7) is 6.56. The van der Waals surface area contributed by atoms with E-state index in [0.29, 0.717) is 29.6 Å². The van der Waals surface area contributed by atoms with Crippen molar-refractivity contribution >= 4 is 7.85 Å². The van der Waals surface area contributed by atoms with Crippen LogP contribution in [0.25, 0.3) is 0 Å². The Kier molecular flexibility index (Phi) is 4.63. The highest BCUT2D eigenvalue weighted by Crippen LogP contribution is 2.45. The van der Waals surface area contributed by atoms with Gasteiger partial charge in [0.05, 0.1) is 18.8 Å². The molecule has 0 radical (unpaired) electrons. The van der Waals surface area contributed by atoms with Crippen molar-refractivity contribution in [2.24, 2.45) is 11.7 Å². The molecule has 1 aliphatic carbocycles. The number of hydrogen-bond acceptors (Lipinski definition) is 4. The molecule has 4 atom stereocenters. The van der Waals surface area contributed by atoms with Gasteiger partial charge in [-0.1, -0.05) is 6.42 Å². The first-order valence-electron chi connectivity index (χ1n) is 9.21. The van der Waals surface area contributed by atoms with Crippen LogP contribution in [0.4, 0.5) is 0 Å². The third-order valence-electron chi connectivity index (χ3n) is 6.71. The summed E-state index contributed by atoms with van der Waals surface area (Å²) in [5.41, 5.74) is 7.25. The Balaban J connectivity index is 1.83. The van der Waals surface area contributed by atoms with Crippen LogP contribution >= 0.6 is 0 Å². The zero-order valence-corrected chi connectivity index (χ0v) is 14.9. The smallest absolute Gasteiger partial charge is 0.127 e. The molecule has 0 amide bonds. The van der Waals surface area contributed by atoms with E-state index in [9.17, 15) is 0 Å². The SMILES string of the molecule is BC1(NC)CCCC2C(CCC3(COC3)N2C(C)C)C(N)C1. The molecule has 3 N–H and O–H groups in total. The Morgan fingerprint density at radius 2 is 2.00 bits per heavy atom. The van der Waals surface area contributed by atoms with Crippen LogP contribution < -0.4 is 11.1 Å². The summed E-state index contributed by atoms with van der Waals surface area (Å²) in [6.07, 6.45) is 7.45. The summed E-state index contributed by atoms with van der Waals surface area (Å²) in [7, 11) is 4.44. The molecule has 4 nitrogen and oxygen atoms in total. The van der Waals surface area contributed by atoms with Crippen molar-refractivity contribution in [3.63, 3.8) is 0 Å². The van der Waals surface area contributed by atoms with Crippen LogP contribution in [0, 0.1) is 5.92 Å². The van der Waals surface area contributed by atoms with Gasteiger partial charge in [-0.2, -0.15) is 0 Å². The second-order valence-electron chi connectivity index (χ2n) is 8.56. The van der Waals surface area contributed by atoms with Gasteiger partial charge in [-0.15, -0.1) is 0 Å². The molecule has 2 heterocycles. The van der Waals surface area contributed by atoms with E-state index in [1.165, 1.54) is 32.1 Å². The average Bonchev–Trinajstić information content (AvgIpc) is 2.42. The van der Waals surface area contributed by atoms with Gasteiger partial charge in [-0.05, 0) is 64.4 Å². The molecule has 3 fully saturated rings. The lowest BCUT2D eigenvalue weighted by Gasteiger charge is -2.61. The van der Waals surface area contributed by atoms with E-state index in [1.807, 2.05) is 0 Å². The van der Waals surface area contributed by atoms with Crippen molar-refractivity contribution in [3.8, 4) is 0 Å². The van der Waals surface area contributed by atoms with Crippen LogP contribution in [-0.2, 0) is 4.74 Å². The van der Waals surface area contributed by atoms with Crippen molar-refractivity contribution in [2.75, 3.05) is 20.3 Å². The Bertz CT molecular complexity index is 401. The van der Waals surface area contributed by atoms with Crippen molar-refractivity contribution in [1.29, 1.82) is 0 Å². The molecule has 22 heavy (non-hydrogen) atoms. The number of nitrogens with two attached hydrogens (primary N) is 1. The van der Waals surface area contributed by atoms with Crippen LogP contribution in [0.5, 0.6) is 0 Å². The zero-order chi connectivity index (χ0) is 16.0. The molecule has 4 unspecified atom stereocenters. The largest absolute Gasteiger partial charge is 0.377 e. The van der Waals surface area contributed by atoms with Crippen LogP contribution in [0.2, 0.25) is 0 Å². The summed E-state index contributed by atoms with van der Waals surface area (Å²) < 4.78 is 5.63. The topological polar surface area (TPSA) is 50.5 Å². The van der Waals surface area contributed by atoms with E-state index in [0.717, 1.165) is 19.6 Å². The van der Waals surface area contributed by atoms with Crippen LogP contribution in [0.15, 0.2) is 0 Å². The lowest BCUT2D eigenvalue weighted by molar-refractivity contribution is -0.197. The van der Waals surface area contributed by atoms with E-state index < -0.39 is 0 Å². The van der Waals surface area contributed by atoms with E-state index in [4.69, 9.17) is 10.5 Å². The molecule has 0 aromatic heterocycles. The van der Waals surface area contributed by atoms with Crippen LogP contribution in [-0.4, -0.2) is 62.1 Å². The summed E-state index contributed by atoms with van der Waals surface area (Å²) in [5, 5.41) is 3.53. The highest BCUT2D eigenvalue weighted by molar-refractivity contribution is 6.15. The standard InChI is InChI=1S/C17H34BN3O/c1-12(2)21-15-5-4-7-17(18,20-3)9-14(19)13(15)6-8-16(21)10-22-11-16/h12-15,20H,4-11,18-19H2,1-3H3. The monoisotopic (exact) mass is 307 g/mol. The maximum atomic E-state index is 6.72. The zero-order valence-electron chi connectivity index (χ0n) is 14.9. The Morgan fingerprint density at radius 1 is 1.27 bits per heavy atom. The minimum Gasteiger partial charge on any atom is -0.377 e. The van der Waals surface area contributed by atoms with Crippen molar-refractivity contribution in [1.82, 2.24) is 10.2 Å². The fraction of sp³-hybridized carbons (Fsp3) is 1.00. The highest BCUT2D eigenvalue weighted by Gasteiger charge is 2.54. The van der Waals surface area contributed by atoms with Gasteiger partial charge in [0.25, 0.3) is 0 Å². The molecule has 5 heteroatoms. The lowest BCUT2D eigenvalue weighted by Crippen LogP contribution is -2.72.